The molecule has 0 aliphatic rings. The van der Waals surface area contributed by atoms with E-state index in [4.69, 9.17) is 4.74 Å². The molecule has 0 saturated heterocycles. The van der Waals surface area contributed by atoms with E-state index in [9.17, 15) is 0 Å². The summed E-state index contributed by atoms with van der Waals surface area (Å²) in [6, 6.07) is 10.3. The molecule has 1 N–H and O–H groups in total. The van der Waals surface area contributed by atoms with E-state index in [0.29, 0.717) is 0 Å². The minimum Gasteiger partial charge on any atom is -0.494 e. The number of aryl methyl sites for hydroxylation is 1. The lowest BCUT2D eigenvalue weighted by atomic mass is 10.2. The molecule has 0 saturated carbocycles. The number of benzene rings is 1. The van der Waals surface area contributed by atoms with Crippen LogP contribution in [-0.4, -0.2) is 16.4 Å². The average Bonchev–Trinajstić information content (AvgIpc) is 2.84. The third-order valence-corrected chi connectivity index (χ3v) is 2.80. The van der Waals surface area contributed by atoms with Crippen molar-refractivity contribution in [1.29, 1.82) is 0 Å². The summed E-state index contributed by atoms with van der Waals surface area (Å²) in [5.74, 6) is 0.940. The zero-order chi connectivity index (χ0) is 13.5. The van der Waals surface area contributed by atoms with Crippen molar-refractivity contribution in [3.8, 4) is 5.75 Å². The van der Waals surface area contributed by atoms with E-state index < -0.39 is 0 Å². The third-order valence-electron chi connectivity index (χ3n) is 2.80. The Morgan fingerprint density at radius 3 is 2.58 bits per heavy atom. The summed E-state index contributed by atoms with van der Waals surface area (Å²) in [7, 11) is 1.93. The topological polar surface area (TPSA) is 39.1 Å². The van der Waals surface area contributed by atoms with Crippen molar-refractivity contribution in [3.63, 3.8) is 0 Å². The fraction of sp³-hybridized carbons (Fsp3) is 0.400. The minimum absolute atomic E-state index is 0.775. The van der Waals surface area contributed by atoms with Gasteiger partial charge in [-0.3, -0.25) is 4.68 Å². The Morgan fingerprint density at radius 2 is 1.95 bits per heavy atom. The van der Waals surface area contributed by atoms with Crippen LogP contribution < -0.4 is 10.1 Å². The van der Waals surface area contributed by atoms with Crippen LogP contribution in [0.2, 0.25) is 0 Å². The highest BCUT2D eigenvalue weighted by molar-refractivity contribution is 5.27. The molecule has 2 aromatic rings. The van der Waals surface area contributed by atoms with Crippen LogP contribution in [0.4, 0.5) is 0 Å². The second-order valence-corrected chi connectivity index (χ2v) is 4.58. The van der Waals surface area contributed by atoms with Crippen LogP contribution >= 0.6 is 0 Å². The summed E-state index contributed by atoms with van der Waals surface area (Å²) in [6.45, 7) is 4.51. The standard InChI is InChI=1S/C15H21N3O/c1-3-10-19-15-6-4-13(5-7-15)11-16-12-14-8-9-18(2)17-14/h4-9,16H,3,10-12H2,1-2H3. The van der Waals surface area contributed by atoms with Gasteiger partial charge in [0.05, 0.1) is 12.3 Å². The van der Waals surface area contributed by atoms with E-state index in [0.717, 1.165) is 37.6 Å². The summed E-state index contributed by atoms with van der Waals surface area (Å²) >= 11 is 0. The highest BCUT2D eigenvalue weighted by Crippen LogP contribution is 2.12. The molecular formula is C15H21N3O. The second-order valence-electron chi connectivity index (χ2n) is 4.58. The van der Waals surface area contributed by atoms with Crippen molar-refractivity contribution in [1.82, 2.24) is 15.1 Å². The quantitative estimate of drug-likeness (QED) is 0.830. The lowest BCUT2D eigenvalue weighted by Crippen LogP contribution is -2.13. The van der Waals surface area contributed by atoms with Gasteiger partial charge >= 0.3 is 0 Å². The normalized spacial score (nSPS) is 10.6. The van der Waals surface area contributed by atoms with Gasteiger partial charge in [-0.2, -0.15) is 5.10 Å². The van der Waals surface area contributed by atoms with E-state index >= 15 is 0 Å². The van der Waals surface area contributed by atoms with E-state index in [1.807, 2.05) is 36.1 Å². The summed E-state index contributed by atoms with van der Waals surface area (Å²) < 4.78 is 7.37. The van der Waals surface area contributed by atoms with Gasteiger partial charge in [0.2, 0.25) is 0 Å². The number of nitrogens with zero attached hydrogens (tertiary/aromatic N) is 2. The van der Waals surface area contributed by atoms with Gasteiger partial charge in [-0.15, -0.1) is 0 Å². The predicted molar refractivity (Wildman–Crippen MR) is 76.0 cm³/mol. The fourth-order valence-corrected chi connectivity index (χ4v) is 1.82. The molecule has 0 fully saturated rings. The zero-order valence-electron chi connectivity index (χ0n) is 11.6. The molecular weight excluding hydrogens is 238 g/mol. The molecule has 1 aromatic carbocycles. The maximum atomic E-state index is 5.55. The maximum absolute atomic E-state index is 5.55. The maximum Gasteiger partial charge on any atom is 0.119 e. The van der Waals surface area contributed by atoms with Gasteiger partial charge in [-0.25, -0.2) is 0 Å². The van der Waals surface area contributed by atoms with Gasteiger partial charge in [-0.1, -0.05) is 19.1 Å². The first-order valence-electron chi connectivity index (χ1n) is 6.69. The van der Waals surface area contributed by atoms with E-state index in [1.165, 1.54) is 5.56 Å². The Kier molecular flexibility index (Phi) is 4.98. The zero-order valence-corrected chi connectivity index (χ0v) is 11.6. The van der Waals surface area contributed by atoms with Crippen molar-refractivity contribution >= 4 is 0 Å². The van der Waals surface area contributed by atoms with Gasteiger partial charge in [0, 0.05) is 26.3 Å². The Hall–Kier alpha value is -1.81. The molecule has 4 nitrogen and oxygen atoms in total. The largest absolute Gasteiger partial charge is 0.494 e. The lowest BCUT2D eigenvalue weighted by molar-refractivity contribution is 0.317. The predicted octanol–water partition coefficient (Wildman–Crippen LogP) is 2.50. The van der Waals surface area contributed by atoms with Crippen LogP contribution in [0.25, 0.3) is 0 Å². The van der Waals surface area contributed by atoms with E-state index in [1.54, 1.807) is 0 Å². The molecule has 0 atom stereocenters. The number of rotatable bonds is 7. The highest BCUT2D eigenvalue weighted by atomic mass is 16.5. The molecule has 1 aromatic heterocycles. The van der Waals surface area contributed by atoms with Crippen LogP contribution in [0.5, 0.6) is 5.75 Å². The number of hydrogen-bond donors (Lipinski definition) is 1. The molecule has 0 amide bonds. The first-order chi connectivity index (χ1) is 9.28. The van der Waals surface area contributed by atoms with Gasteiger partial charge in [-0.05, 0) is 30.2 Å². The SMILES string of the molecule is CCCOc1ccc(CNCc2ccn(C)n2)cc1. The van der Waals surface area contributed by atoms with Crippen LogP contribution in [0.15, 0.2) is 36.5 Å². The Bertz CT molecular complexity index is 490. The highest BCUT2D eigenvalue weighted by Gasteiger charge is 1.98. The van der Waals surface area contributed by atoms with Gasteiger partial charge < -0.3 is 10.1 Å². The summed E-state index contributed by atoms with van der Waals surface area (Å²) in [5.41, 5.74) is 2.31. The second kappa shape index (κ2) is 6.95. The molecule has 0 aliphatic heterocycles. The van der Waals surface area contributed by atoms with Crippen molar-refractivity contribution in [3.05, 3.63) is 47.8 Å². The van der Waals surface area contributed by atoms with Crippen LogP contribution in [0.1, 0.15) is 24.6 Å². The number of nitrogens with one attached hydrogen (secondary N) is 1. The molecule has 1 heterocycles. The third kappa shape index (κ3) is 4.41. The molecule has 0 aliphatic carbocycles. The summed E-state index contributed by atoms with van der Waals surface area (Å²) in [6.07, 6.45) is 2.99. The monoisotopic (exact) mass is 259 g/mol. The number of ether oxygens (including phenoxy) is 1. The van der Waals surface area contributed by atoms with E-state index in [2.05, 4.69) is 29.5 Å². The fourth-order valence-electron chi connectivity index (χ4n) is 1.82. The molecule has 0 unspecified atom stereocenters. The molecule has 4 heteroatoms. The van der Waals surface area contributed by atoms with Crippen molar-refractivity contribution < 1.29 is 4.74 Å². The van der Waals surface area contributed by atoms with Gasteiger partial charge in [0.25, 0.3) is 0 Å². The van der Waals surface area contributed by atoms with Crippen LogP contribution in [0.3, 0.4) is 0 Å². The Labute approximate surface area is 114 Å². The smallest absolute Gasteiger partial charge is 0.119 e. The van der Waals surface area contributed by atoms with Crippen LogP contribution in [-0.2, 0) is 20.1 Å². The number of aromatic nitrogens is 2. The van der Waals surface area contributed by atoms with Gasteiger partial charge in [0.1, 0.15) is 5.75 Å². The average molecular weight is 259 g/mol. The molecule has 102 valence electrons. The Balaban J connectivity index is 1.76. The Morgan fingerprint density at radius 1 is 1.16 bits per heavy atom. The van der Waals surface area contributed by atoms with E-state index in [-0.39, 0.29) is 0 Å². The van der Waals surface area contributed by atoms with Crippen molar-refractivity contribution in [2.45, 2.75) is 26.4 Å². The van der Waals surface area contributed by atoms with Crippen molar-refractivity contribution in [2.75, 3.05) is 6.61 Å². The van der Waals surface area contributed by atoms with Crippen molar-refractivity contribution in [2.24, 2.45) is 7.05 Å². The molecule has 0 bridgehead atoms. The lowest BCUT2D eigenvalue weighted by Gasteiger charge is -2.06. The minimum atomic E-state index is 0.775. The molecule has 19 heavy (non-hydrogen) atoms. The summed E-state index contributed by atoms with van der Waals surface area (Å²) in [5, 5.41) is 7.70. The summed E-state index contributed by atoms with van der Waals surface area (Å²) in [4.78, 5) is 0. The molecule has 2 rings (SSSR count). The van der Waals surface area contributed by atoms with Crippen LogP contribution in [0, 0.1) is 0 Å². The first-order valence-corrected chi connectivity index (χ1v) is 6.69. The van der Waals surface area contributed by atoms with Gasteiger partial charge in [0.15, 0.2) is 0 Å². The molecule has 0 radical (unpaired) electrons. The number of hydrogen-bond acceptors (Lipinski definition) is 3. The first kappa shape index (κ1) is 13.6. The molecule has 0 spiro atoms.